The maximum Gasteiger partial charge on any atom is 0.260 e. The van der Waals surface area contributed by atoms with Crippen molar-refractivity contribution in [2.45, 2.75) is 50.1 Å². The average Bonchev–Trinajstić information content (AvgIpc) is 3.00. The van der Waals surface area contributed by atoms with E-state index >= 15 is 0 Å². The topological polar surface area (TPSA) is 32.8 Å². The molecule has 1 amide bonds. The molecule has 0 unspecified atom stereocenters. The standard InChI is InChI=1S/C19H24F2N2O2/c20-17-5-2-1-4-14(17)13-25-16-10-15-11-23(9-8-22(15)12-16)18(24)19(21)6-3-7-19/h1-2,4-5,15-16H,3,6-13H2/t15-,16+/m0/s1. The molecule has 0 bridgehead atoms. The summed E-state index contributed by atoms with van der Waals surface area (Å²) >= 11 is 0. The Kier molecular flexibility index (Phi) is 4.50. The average molecular weight is 350 g/mol. The molecule has 25 heavy (non-hydrogen) atoms. The third-order valence-corrected chi connectivity index (χ3v) is 5.83. The lowest BCUT2D eigenvalue weighted by Gasteiger charge is -2.42. The van der Waals surface area contributed by atoms with E-state index in [4.69, 9.17) is 4.74 Å². The van der Waals surface area contributed by atoms with Crippen LogP contribution < -0.4 is 0 Å². The van der Waals surface area contributed by atoms with E-state index < -0.39 is 5.67 Å². The van der Waals surface area contributed by atoms with Gasteiger partial charge in [0, 0.05) is 37.8 Å². The third-order valence-electron chi connectivity index (χ3n) is 5.83. The van der Waals surface area contributed by atoms with E-state index in [1.54, 1.807) is 23.1 Å². The van der Waals surface area contributed by atoms with Gasteiger partial charge < -0.3 is 9.64 Å². The highest BCUT2D eigenvalue weighted by Gasteiger charge is 2.49. The smallest absolute Gasteiger partial charge is 0.260 e. The molecule has 2 heterocycles. The van der Waals surface area contributed by atoms with Crippen molar-refractivity contribution in [1.82, 2.24) is 9.80 Å². The van der Waals surface area contributed by atoms with Gasteiger partial charge >= 0.3 is 0 Å². The molecule has 4 rings (SSSR count). The number of piperazine rings is 1. The van der Waals surface area contributed by atoms with E-state index in [0.29, 0.717) is 31.5 Å². The van der Waals surface area contributed by atoms with Gasteiger partial charge in [0.1, 0.15) is 5.82 Å². The van der Waals surface area contributed by atoms with E-state index in [2.05, 4.69) is 4.90 Å². The Morgan fingerprint density at radius 3 is 2.76 bits per heavy atom. The van der Waals surface area contributed by atoms with Crippen molar-refractivity contribution in [3.8, 4) is 0 Å². The number of hydrogen-bond acceptors (Lipinski definition) is 3. The second kappa shape index (κ2) is 6.65. The first kappa shape index (κ1) is 16.9. The molecule has 2 aliphatic heterocycles. The Bertz CT molecular complexity index is 650. The molecule has 1 saturated carbocycles. The number of ether oxygens (including phenoxy) is 1. The summed E-state index contributed by atoms with van der Waals surface area (Å²) in [5, 5.41) is 0. The van der Waals surface area contributed by atoms with Crippen molar-refractivity contribution in [3.63, 3.8) is 0 Å². The van der Waals surface area contributed by atoms with Crippen LogP contribution in [0.1, 0.15) is 31.2 Å². The summed E-state index contributed by atoms with van der Waals surface area (Å²) in [7, 11) is 0. The summed E-state index contributed by atoms with van der Waals surface area (Å²) in [5.41, 5.74) is -1.05. The van der Waals surface area contributed by atoms with Gasteiger partial charge in [-0.2, -0.15) is 0 Å². The molecule has 3 fully saturated rings. The van der Waals surface area contributed by atoms with Crippen LogP contribution in [0.5, 0.6) is 0 Å². The number of benzene rings is 1. The van der Waals surface area contributed by atoms with Gasteiger partial charge in [0.05, 0.1) is 12.7 Å². The first-order valence-corrected chi connectivity index (χ1v) is 9.12. The Morgan fingerprint density at radius 1 is 1.24 bits per heavy atom. The van der Waals surface area contributed by atoms with Crippen LogP contribution in [0.2, 0.25) is 0 Å². The van der Waals surface area contributed by atoms with Crippen LogP contribution >= 0.6 is 0 Å². The SMILES string of the molecule is O=C(N1CCN2C[C@H](OCc3ccccc3F)C[C@H]2C1)C1(F)CCC1. The molecule has 0 N–H and O–H groups in total. The van der Waals surface area contributed by atoms with Crippen molar-refractivity contribution < 1.29 is 18.3 Å². The van der Waals surface area contributed by atoms with Gasteiger partial charge in [0.15, 0.2) is 5.67 Å². The highest BCUT2D eigenvalue weighted by molar-refractivity contribution is 5.86. The van der Waals surface area contributed by atoms with Crippen molar-refractivity contribution in [2.75, 3.05) is 26.2 Å². The van der Waals surface area contributed by atoms with E-state index in [9.17, 15) is 13.6 Å². The fourth-order valence-electron chi connectivity index (χ4n) is 4.11. The zero-order valence-electron chi connectivity index (χ0n) is 14.3. The summed E-state index contributed by atoms with van der Waals surface area (Å²) in [6.07, 6.45) is 2.37. The van der Waals surface area contributed by atoms with Gasteiger partial charge in [-0.3, -0.25) is 9.69 Å². The van der Waals surface area contributed by atoms with Crippen LogP contribution in [-0.4, -0.2) is 59.7 Å². The fourth-order valence-corrected chi connectivity index (χ4v) is 4.11. The normalized spacial score (nSPS) is 28.5. The van der Waals surface area contributed by atoms with E-state index in [0.717, 1.165) is 25.9 Å². The highest BCUT2D eigenvalue weighted by atomic mass is 19.1. The number of alkyl halides is 1. The van der Waals surface area contributed by atoms with Crippen LogP contribution in [-0.2, 0) is 16.1 Å². The molecule has 0 spiro atoms. The molecule has 6 heteroatoms. The van der Waals surface area contributed by atoms with Crippen molar-refractivity contribution >= 4 is 5.91 Å². The molecule has 1 aliphatic carbocycles. The predicted octanol–water partition coefficient (Wildman–Crippen LogP) is 2.52. The van der Waals surface area contributed by atoms with E-state index in [1.807, 2.05) is 0 Å². The lowest BCUT2D eigenvalue weighted by atomic mass is 9.80. The second-order valence-electron chi connectivity index (χ2n) is 7.48. The fraction of sp³-hybridized carbons (Fsp3) is 0.632. The predicted molar refractivity (Wildman–Crippen MR) is 89.2 cm³/mol. The molecular weight excluding hydrogens is 326 g/mol. The van der Waals surface area contributed by atoms with Crippen LogP contribution in [0, 0.1) is 5.82 Å². The molecule has 2 atom stereocenters. The minimum atomic E-state index is -1.61. The number of hydrogen-bond donors (Lipinski definition) is 0. The van der Waals surface area contributed by atoms with Gasteiger partial charge in [0.2, 0.25) is 0 Å². The zero-order chi connectivity index (χ0) is 17.4. The van der Waals surface area contributed by atoms with Crippen LogP contribution in [0.25, 0.3) is 0 Å². The zero-order valence-corrected chi connectivity index (χ0v) is 14.3. The molecule has 0 radical (unpaired) electrons. The molecule has 2 saturated heterocycles. The van der Waals surface area contributed by atoms with Crippen LogP contribution in [0.15, 0.2) is 24.3 Å². The molecule has 3 aliphatic rings. The van der Waals surface area contributed by atoms with Crippen molar-refractivity contribution in [2.24, 2.45) is 0 Å². The summed E-state index contributed by atoms with van der Waals surface area (Å²) < 4.78 is 34.0. The maximum atomic E-state index is 14.4. The van der Waals surface area contributed by atoms with Crippen molar-refractivity contribution in [3.05, 3.63) is 35.6 Å². The Labute approximate surface area is 146 Å². The quantitative estimate of drug-likeness (QED) is 0.837. The number of rotatable bonds is 4. The Morgan fingerprint density at radius 2 is 2.04 bits per heavy atom. The highest BCUT2D eigenvalue weighted by Crippen LogP contribution is 2.38. The minimum Gasteiger partial charge on any atom is -0.372 e. The number of carbonyl (C=O) groups is 1. The molecule has 136 valence electrons. The van der Waals surface area contributed by atoms with Gasteiger partial charge in [-0.1, -0.05) is 18.2 Å². The minimum absolute atomic E-state index is 0.0303. The third kappa shape index (κ3) is 3.29. The lowest BCUT2D eigenvalue weighted by Crippen LogP contribution is -2.58. The second-order valence-corrected chi connectivity index (χ2v) is 7.48. The molecule has 1 aromatic rings. The summed E-state index contributed by atoms with van der Waals surface area (Å²) in [4.78, 5) is 16.4. The first-order valence-electron chi connectivity index (χ1n) is 9.12. The monoisotopic (exact) mass is 350 g/mol. The number of nitrogens with zero attached hydrogens (tertiary/aromatic N) is 2. The summed E-state index contributed by atoms with van der Waals surface area (Å²) in [5.74, 6) is -0.571. The number of carbonyl (C=O) groups excluding carboxylic acids is 1. The summed E-state index contributed by atoms with van der Waals surface area (Å²) in [6, 6.07) is 6.85. The van der Waals surface area contributed by atoms with Gasteiger partial charge in [0.25, 0.3) is 5.91 Å². The Balaban J connectivity index is 1.31. The molecule has 4 nitrogen and oxygen atoms in total. The Hall–Kier alpha value is -1.53. The number of halogens is 2. The van der Waals surface area contributed by atoms with E-state index in [-0.39, 0.29) is 30.5 Å². The van der Waals surface area contributed by atoms with Gasteiger partial charge in [-0.15, -0.1) is 0 Å². The van der Waals surface area contributed by atoms with Crippen LogP contribution in [0.3, 0.4) is 0 Å². The first-order chi connectivity index (χ1) is 12.0. The van der Waals surface area contributed by atoms with Crippen molar-refractivity contribution in [1.29, 1.82) is 0 Å². The largest absolute Gasteiger partial charge is 0.372 e. The maximum absolute atomic E-state index is 14.4. The van der Waals surface area contributed by atoms with E-state index in [1.165, 1.54) is 6.07 Å². The van der Waals surface area contributed by atoms with Gasteiger partial charge in [-0.05, 0) is 31.7 Å². The lowest BCUT2D eigenvalue weighted by molar-refractivity contribution is -0.152. The number of fused-ring (bicyclic) bond motifs is 1. The molecule has 1 aromatic carbocycles. The number of amides is 1. The van der Waals surface area contributed by atoms with Gasteiger partial charge in [-0.25, -0.2) is 8.78 Å². The molecular formula is C19H24F2N2O2. The molecule has 0 aromatic heterocycles. The summed E-state index contributed by atoms with van der Waals surface area (Å²) in [6.45, 7) is 2.97. The van der Waals surface area contributed by atoms with Crippen LogP contribution in [0.4, 0.5) is 8.78 Å².